The Morgan fingerprint density at radius 1 is 1.27 bits per heavy atom. The molecule has 1 aromatic carbocycles. The summed E-state index contributed by atoms with van der Waals surface area (Å²) in [7, 11) is 0. The van der Waals surface area contributed by atoms with E-state index in [9.17, 15) is 9.90 Å². The molecule has 3 aromatic rings. The molecule has 1 aliphatic carbocycles. The fraction of sp³-hybridized carbons (Fsp3) is 0.435. The molecule has 30 heavy (non-hydrogen) atoms. The molecule has 0 radical (unpaired) electrons. The molecule has 3 N–H and O–H groups in total. The summed E-state index contributed by atoms with van der Waals surface area (Å²) < 4.78 is 0. The molecule has 1 saturated carbocycles. The van der Waals surface area contributed by atoms with Gasteiger partial charge in [0.05, 0.1) is 17.5 Å². The van der Waals surface area contributed by atoms with Gasteiger partial charge in [-0.2, -0.15) is 0 Å². The van der Waals surface area contributed by atoms with Crippen LogP contribution < -0.4 is 10.2 Å². The van der Waals surface area contributed by atoms with Gasteiger partial charge in [0.1, 0.15) is 17.8 Å². The lowest BCUT2D eigenvalue weighted by atomic mass is 9.81. The van der Waals surface area contributed by atoms with Crippen LogP contribution in [0.1, 0.15) is 37.9 Å². The van der Waals surface area contributed by atoms with E-state index in [1.54, 1.807) is 6.33 Å². The van der Waals surface area contributed by atoms with E-state index in [2.05, 4.69) is 25.2 Å². The SMILES string of the molecule is CC(NC(=O)[C@H]1CCN(c2ncnc3[nH]ccc23)CC12CC2)C(O)c1ccccc1. The topological polar surface area (TPSA) is 94.1 Å². The lowest BCUT2D eigenvalue weighted by Gasteiger charge is -2.39. The van der Waals surface area contributed by atoms with Crippen LogP contribution in [0.2, 0.25) is 0 Å². The van der Waals surface area contributed by atoms with Gasteiger partial charge in [0.15, 0.2) is 0 Å². The van der Waals surface area contributed by atoms with Gasteiger partial charge in [-0.25, -0.2) is 9.97 Å². The van der Waals surface area contributed by atoms with Crippen LogP contribution in [0.5, 0.6) is 0 Å². The number of anilines is 1. The standard InChI is InChI=1S/C23H27N5O2/c1-15(19(29)16-5-3-2-4-6-16)27-22(30)18-8-12-28(13-23(18)9-10-23)21-17-7-11-24-20(17)25-14-26-21/h2-7,11,14-15,18-19,29H,8-10,12-13H2,1H3,(H,27,30)(H,24,25,26)/t15?,18-,19?/m1/s1. The maximum atomic E-state index is 13.1. The molecule has 1 amide bonds. The first-order chi connectivity index (χ1) is 14.6. The fourth-order valence-corrected chi connectivity index (χ4v) is 4.87. The van der Waals surface area contributed by atoms with E-state index >= 15 is 0 Å². The van der Waals surface area contributed by atoms with Crippen LogP contribution in [0.25, 0.3) is 11.0 Å². The molecule has 2 aliphatic rings. The van der Waals surface area contributed by atoms with Crippen molar-refractivity contribution in [1.82, 2.24) is 20.3 Å². The minimum absolute atomic E-state index is 0.00727. The number of hydrogen-bond acceptors (Lipinski definition) is 5. The molecular weight excluding hydrogens is 378 g/mol. The van der Waals surface area contributed by atoms with Crippen molar-refractivity contribution in [3.8, 4) is 0 Å². The van der Waals surface area contributed by atoms with Gasteiger partial charge in [0.2, 0.25) is 5.91 Å². The summed E-state index contributed by atoms with van der Waals surface area (Å²) in [4.78, 5) is 27.4. The number of rotatable bonds is 5. The van der Waals surface area contributed by atoms with Gasteiger partial charge in [-0.05, 0) is 43.2 Å². The Labute approximate surface area is 175 Å². The molecule has 7 heteroatoms. The average Bonchev–Trinajstić information content (AvgIpc) is 3.34. The van der Waals surface area contributed by atoms with E-state index in [1.807, 2.05) is 49.5 Å². The van der Waals surface area contributed by atoms with Gasteiger partial charge in [-0.15, -0.1) is 0 Å². The highest BCUT2D eigenvalue weighted by Crippen LogP contribution is 2.56. The normalized spacial score (nSPS) is 22.1. The van der Waals surface area contributed by atoms with Crippen molar-refractivity contribution in [3.63, 3.8) is 0 Å². The van der Waals surface area contributed by atoms with E-state index in [1.165, 1.54) is 0 Å². The summed E-state index contributed by atoms with van der Waals surface area (Å²) >= 11 is 0. The number of nitrogens with zero attached hydrogens (tertiary/aromatic N) is 3. The van der Waals surface area contributed by atoms with Crippen molar-refractivity contribution in [2.24, 2.45) is 11.3 Å². The van der Waals surface area contributed by atoms with Crippen LogP contribution in [0.4, 0.5) is 5.82 Å². The second-order valence-corrected chi connectivity index (χ2v) is 8.72. The van der Waals surface area contributed by atoms with Gasteiger partial charge in [-0.3, -0.25) is 4.79 Å². The minimum Gasteiger partial charge on any atom is -0.386 e. The summed E-state index contributed by atoms with van der Waals surface area (Å²) in [5.41, 5.74) is 1.67. The van der Waals surface area contributed by atoms with Gasteiger partial charge >= 0.3 is 0 Å². The maximum Gasteiger partial charge on any atom is 0.224 e. The quantitative estimate of drug-likeness (QED) is 0.607. The van der Waals surface area contributed by atoms with E-state index in [0.717, 1.165) is 54.8 Å². The van der Waals surface area contributed by atoms with Crippen LogP contribution in [-0.4, -0.2) is 45.1 Å². The minimum atomic E-state index is -0.715. The number of piperidine rings is 1. The van der Waals surface area contributed by atoms with Crippen molar-refractivity contribution >= 4 is 22.8 Å². The number of benzene rings is 1. The number of fused-ring (bicyclic) bond motifs is 1. The highest BCUT2D eigenvalue weighted by atomic mass is 16.3. The Morgan fingerprint density at radius 3 is 2.83 bits per heavy atom. The predicted molar refractivity (Wildman–Crippen MR) is 115 cm³/mol. The van der Waals surface area contributed by atoms with Crippen molar-refractivity contribution in [3.05, 3.63) is 54.5 Å². The zero-order valence-electron chi connectivity index (χ0n) is 17.1. The average molecular weight is 406 g/mol. The first-order valence-corrected chi connectivity index (χ1v) is 10.6. The smallest absolute Gasteiger partial charge is 0.224 e. The molecule has 2 aromatic heterocycles. The number of amides is 1. The summed E-state index contributed by atoms with van der Waals surface area (Å²) in [5, 5.41) is 14.7. The number of H-pyrrole nitrogens is 1. The first-order valence-electron chi connectivity index (χ1n) is 10.6. The summed E-state index contributed by atoms with van der Waals surface area (Å²) in [6.07, 6.45) is 5.66. The maximum absolute atomic E-state index is 13.1. The monoisotopic (exact) mass is 405 g/mol. The number of aromatic amines is 1. The highest BCUT2D eigenvalue weighted by Gasteiger charge is 2.55. The number of carbonyl (C=O) groups excluding carboxylic acids is 1. The molecule has 5 rings (SSSR count). The highest BCUT2D eigenvalue weighted by molar-refractivity contribution is 5.87. The Balaban J connectivity index is 1.28. The van der Waals surface area contributed by atoms with Gasteiger partial charge in [-0.1, -0.05) is 30.3 Å². The Bertz CT molecular complexity index is 1050. The van der Waals surface area contributed by atoms with Gasteiger partial charge in [0, 0.05) is 25.2 Å². The molecule has 2 fully saturated rings. The van der Waals surface area contributed by atoms with E-state index < -0.39 is 6.10 Å². The van der Waals surface area contributed by atoms with Crippen molar-refractivity contribution in [2.45, 2.75) is 38.3 Å². The number of nitrogens with one attached hydrogen (secondary N) is 2. The lowest BCUT2D eigenvalue weighted by molar-refractivity contribution is -0.129. The lowest BCUT2D eigenvalue weighted by Crippen LogP contribution is -2.50. The molecule has 3 heterocycles. The molecule has 1 aliphatic heterocycles. The molecule has 3 atom stereocenters. The largest absolute Gasteiger partial charge is 0.386 e. The number of aromatic nitrogens is 3. The molecule has 156 valence electrons. The second-order valence-electron chi connectivity index (χ2n) is 8.72. The summed E-state index contributed by atoms with van der Waals surface area (Å²) in [5.74, 6) is 0.978. The van der Waals surface area contributed by atoms with Crippen LogP contribution in [0.3, 0.4) is 0 Å². The van der Waals surface area contributed by atoms with E-state index in [0.29, 0.717) is 0 Å². The van der Waals surface area contributed by atoms with Crippen LogP contribution in [-0.2, 0) is 4.79 Å². The van der Waals surface area contributed by atoms with Gasteiger partial charge < -0.3 is 20.3 Å². The van der Waals surface area contributed by atoms with Crippen LogP contribution in [0.15, 0.2) is 48.9 Å². The zero-order valence-corrected chi connectivity index (χ0v) is 17.1. The van der Waals surface area contributed by atoms with Crippen molar-refractivity contribution in [2.75, 3.05) is 18.0 Å². The van der Waals surface area contributed by atoms with Crippen LogP contribution in [0, 0.1) is 11.3 Å². The fourth-order valence-electron chi connectivity index (χ4n) is 4.87. The Morgan fingerprint density at radius 2 is 2.07 bits per heavy atom. The number of aliphatic hydroxyl groups is 1. The molecule has 1 saturated heterocycles. The number of carbonyl (C=O) groups is 1. The molecule has 7 nitrogen and oxygen atoms in total. The number of aliphatic hydroxyl groups excluding tert-OH is 1. The van der Waals surface area contributed by atoms with E-state index in [4.69, 9.17) is 0 Å². The molecule has 1 spiro atoms. The third-order valence-corrected chi connectivity index (χ3v) is 6.76. The second kappa shape index (κ2) is 7.40. The first kappa shape index (κ1) is 19.1. The Kier molecular flexibility index (Phi) is 4.70. The molecule has 0 bridgehead atoms. The Hall–Kier alpha value is -2.93. The van der Waals surface area contributed by atoms with Crippen molar-refractivity contribution in [1.29, 1.82) is 0 Å². The number of hydrogen-bond donors (Lipinski definition) is 3. The third kappa shape index (κ3) is 3.33. The third-order valence-electron chi connectivity index (χ3n) is 6.76. The van der Waals surface area contributed by atoms with Crippen LogP contribution >= 0.6 is 0 Å². The summed E-state index contributed by atoms with van der Waals surface area (Å²) in [6, 6.07) is 11.2. The predicted octanol–water partition coefficient (Wildman–Crippen LogP) is 2.80. The van der Waals surface area contributed by atoms with Crippen molar-refractivity contribution < 1.29 is 9.90 Å². The summed E-state index contributed by atoms with van der Waals surface area (Å²) in [6.45, 7) is 3.48. The van der Waals surface area contributed by atoms with E-state index in [-0.39, 0.29) is 23.3 Å². The molecular formula is C23H27N5O2. The molecule has 2 unspecified atom stereocenters. The van der Waals surface area contributed by atoms with Gasteiger partial charge in [0.25, 0.3) is 0 Å². The zero-order chi connectivity index (χ0) is 20.7.